The summed E-state index contributed by atoms with van der Waals surface area (Å²) in [7, 11) is 2.16. The standard InChI is InChI=1S/C9H19N.C2H6/c1-4-6-8-10(3)9-7-5-2;1-2/h4,6H,5,7-9H2,1-3H3;1-2H3/b6-4+;. The minimum Gasteiger partial charge on any atom is -0.303 e. The van der Waals surface area contributed by atoms with Crippen molar-refractivity contribution in [3.63, 3.8) is 0 Å². The van der Waals surface area contributed by atoms with Gasteiger partial charge in [0.2, 0.25) is 0 Å². The molecular formula is C11H25N. The normalized spacial score (nSPS) is 10.2. The molecule has 0 aromatic carbocycles. The highest BCUT2D eigenvalue weighted by Crippen LogP contribution is 1.90. The lowest BCUT2D eigenvalue weighted by Gasteiger charge is -2.12. The van der Waals surface area contributed by atoms with Gasteiger partial charge in [-0.3, -0.25) is 0 Å². The first-order valence-electron chi connectivity index (χ1n) is 5.11. The number of nitrogens with zero attached hydrogens (tertiary/aromatic N) is 1. The van der Waals surface area contributed by atoms with Crippen molar-refractivity contribution in [3.8, 4) is 0 Å². The number of rotatable bonds is 5. The van der Waals surface area contributed by atoms with Gasteiger partial charge in [-0.25, -0.2) is 0 Å². The summed E-state index contributed by atoms with van der Waals surface area (Å²) < 4.78 is 0. The molecule has 0 heterocycles. The van der Waals surface area contributed by atoms with E-state index in [1.165, 1.54) is 19.4 Å². The number of hydrogen-bond donors (Lipinski definition) is 0. The summed E-state index contributed by atoms with van der Waals surface area (Å²) in [6, 6.07) is 0. The second-order valence-electron chi connectivity index (χ2n) is 2.68. The molecule has 0 spiro atoms. The van der Waals surface area contributed by atoms with Crippen LogP contribution >= 0.6 is 0 Å². The highest BCUT2D eigenvalue weighted by atomic mass is 15.1. The van der Waals surface area contributed by atoms with Crippen LogP contribution in [0.15, 0.2) is 12.2 Å². The van der Waals surface area contributed by atoms with Crippen LogP contribution in [-0.2, 0) is 0 Å². The van der Waals surface area contributed by atoms with E-state index in [0.717, 1.165) is 6.54 Å². The van der Waals surface area contributed by atoms with E-state index < -0.39 is 0 Å². The van der Waals surface area contributed by atoms with E-state index >= 15 is 0 Å². The third-order valence-corrected chi connectivity index (χ3v) is 1.55. The molecule has 0 aromatic heterocycles. The Kier molecular flexibility index (Phi) is 15.8. The van der Waals surface area contributed by atoms with Gasteiger partial charge >= 0.3 is 0 Å². The summed E-state index contributed by atoms with van der Waals surface area (Å²) in [6.45, 7) is 10.6. The molecule has 0 aliphatic rings. The van der Waals surface area contributed by atoms with Crippen LogP contribution in [0.3, 0.4) is 0 Å². The summed E-state index contributed by atoms with van der Waals surface area (Å²) in [5.41, 5.74) is 0. The van der Waals surface area contributed by atoms with Crippen molar-refractivity contribution in [3.05, 3.63) is 12.2 Å². The van der Waals surface area contributed by atoms with Crippen LogP contribution in [0.1, 0.15) is 40.5 Å². The third kappa shape index (κ3) is 12.4. The summed E-state index contributed by atoms with van der Waals surface area (Å²) in [5.74, 6) is 0. The summed E-state index contributed by atoms with van der Waals surface area (Å²) in [6.07, 6.45) is 6.90. The molecule has 1 heteroatoms. The Hall–Kier alpha value is -0.300. The van der Waals surface area contributed by atoms with Crippen molar-refractivity contribution in [2.24, 2.45) is 0 Å². The average molecular weight is 171 g/mol. The van der Waals surface area contributed by atoms with Crippen molar-refractivity contribution in [2.75, 3.05) is 20.1 Å². The molecule has 0 aliphatic heterocycles. The zero-order valence-corrected chi connectivity index (χ0v) is 9.43. The molecule has 0 aliphatic carbocycles. The molecule has 12 heavy (non-hydrogen) atoms. The molecule has 0 N–H and O–H groups in total. The van der Waals surface area contributed by atoms with Crippen molar-refractivity contribution in [1.82, 2.24) is 4.90 Å². The van der Waals surface area contributed by atoms with Crippen molar-refractivity contribution >= 4 is 0 Å². The highest BCUT2D eigenvalue weighted by Gasteiger charge is 1.91. The van der Waals surface area contributed by atoms with Crippen molar-refractivity contribution < 1.29 is 0 Å². The van der Waals surface area contributed by atoms with Crippen LogP contribution < -0.4 is 0 Å². The van der Waals surface area contributed by atoms with E-state index in [1.54, 1.807) is 0 Å². The molecule has 0 fully saturated rings. The van der Waals surface area contributed by atoms with E-state index in [-0.39, 0.29) is 0 Å². The predicted octanol–water partition coefficient (Wildman–Crippen LogP) is 3.32. The quantitative estimate of drug-likeness (QED) is 0.574. The summed E-state index contributed by atoms with van der Waals surface area (Å²) in [5, 5.41) is 0. The Morgan fingerprint density at radius 3 is 2.25 bits per heavy atom. The van der Waals surface area contributed by atoms with E-state index in [4.69, 9.17) is 0 Å². The number of likely N-dealkylation sites (N-methyl/N-ethyl adjacent to an activating group) is 1. The minimum atomic E-state index is 1.09. The maximum Gasteiger partial charge on any atom is 0.0160 e. The zero-order chi connectivity index (χ0) is 9.82. The third-order valence-electron chi connectivity index (χ3n) is 1.55. The molecule has 74 valence electrons. The Morgan fingerprint density at radius 2 is 1.83 bits per heavy atom. The van der Waals surface area contributed by atoms with Crippen LogP contribution in [0.5, 0.6) is 0 Å². The Balaban J connectivity index is 0. The maximum absolute atomic E-state index is 2.34. The number of unbranched alkanes of at least 4 members (excludes halogenated alkanes) is 1. The molecule has 0 saturated carbocycles. The Bertz CT molecular complexity index is 87.0. The van der Waals surface area contributed by atoms with Crippen LogP contribution in [-0.4, -0.2) is 25.0 Å². The predicted molar refractivity (Wildman–Crippen MR) is 58.6 cm³/mol. The second kappa shape index (κ2) is 13.3. The SMILES string of the molecule is C/C=C/CN(C)CCCC.CC. The average Bonchev–Trinajstić information content (AvgIpc) is 2.14. The fourth-order valence-electron chi connectivity index (χ4n) is 0.805. The molecule has 0 unspecified atom stereocenters. The first-order chi connectivity index (χ1) is 5.81. The molecule has 0 saturated heterocycles. The van der Waals surface area contributed by atoms with Gasteiger partial charge in [0.25, 0.3) is 0 Å². The lowest BCUT2D eigenvalue weighted by Crippen LogP contribution is -2.19. The largest absolute Gasteiger partial charge is 0.303 e. The fraction of sp³-hybridized carbons (Fsp3) is 0.818. The van der Waals surface area contributed by atoms with E-state index in [0.29, 0.717) is 0 Å². The fourth-order valence-corrected chi connectivity index (χ4v) is 0.805. The molecular weight excluding hydrogens is 146 g/mol. The lowest BCUT2D eigenvalue weighted by molar-refractivity contribution is 0.362. The second-order valence-corrected chi connectivity index (χ2v) is 2.68. The molecule has 0 rings (SSSR count). The molecule has 0 atom stereocenters. The molecule has 0 aromatic rings. The van der Waals surface area contributed by atoms with Gasteiger partial charge in [-0.15, -0.1) is 0 Å². The van der Waals surface area contributed by atoms with Gasteiger partial charge in [0.1, 0.15) is 0 Å². The monoisotopic (exact) mass is 171 g/mol. The van der Waals surface area contributed by atoms with Crippen LogP contribution in [0.25, 0.3) is 0 Å². The van der Waals surface area contributed by atoms with Crippen LogP contribution in [0.4, 0.5) is 0 Å². The zero-order valence-electron chi connectivity index (χ0n) is 9.43. The lowest BCUT2D eigenvalue weighted by atomic mass is 10.3. The smallest absolute Gasteiger partial charge is 0.0160 e. The Labute approximate surface area is 78.5 Å². The first kappa shape index (κ1) is 14.2. The summed E-state index contributed by atoms with van der Waals surface area (Å²) >= 11 is 0. The van der Waals surface area contributed by atoms with E-state index in [9.17, 15) is 0 Å². The van der Waals surface area contributed by atoms with Gasteiger partial charge in [0, 0.05) is 6.54 Å². The van der Waals surface area contributed by atoms with Gasteiger partial charge in [0.15, 0.2) is 0 Å². The van der Waals surface area contributed by atoms with Gasteiger partial charge in [-0.2, -0.15) is 0 Å². The molecule has 0 bridgehead atoms. The van der Waals surface area contributed by atoms with Crippen LogP contribution in [0, 0.1) is 0 Å². The van der Waals surface area contributed by atoms with Gasteiger partial charge < -0.3 is 4.90 Å². The highest BCUT2D eigenvalue weighted by molar-refractivity contribution is 4.79. The van der Waals surface area contributed by atoms with Crippen molar-refractivity contribution in [1.29, 1.82) is 0 Å². The maximum atomic E-state index is 2.34. The number of allylic oxidation sites excluding steroid dienone is 1. The number of hydrogen-bond acceptors (Lipinski definition) is 1. The topological polar surface area (TPSA) is 3.24 Å². The van der Waals surface area contributed by atoms with E-state index in [1.807, 2.05) is 13.8 Å². The van der Waals surface area contributed by atoms with Gasteiger partial charge in [-0.1, -0.05) is 39.3 Å². The van der Waals surface area contributed by atoms with Crippen molar-refractivity contribution in [2.45, 2.75) is 40.5 Å². The van der Waals surface area contributed by atoms with Gasteiger partial charge in [0.05, 0.1) is 0 Å². The first-order valence-corrected chi connectivity index (χ1v) is 5.11. The Morgan fingerprint density at radius 1 is 1.25 bits per heavy atom. The van der Waals surface area contributed by atoms with Gasteiger partial charge in [-0.05, 0) is 26.9 Å². The molecule has 0 radical (unpaired) electrons. The van der Waals surface area contributed by atoms with E-state index in [2.05, 4.69) is 37.9 Å². The minimum absolute atomic E-state index is 1.09. The van der Waals surface area contributed by atoms with Crippen LogP contribution in [0.2, 0.25) is 0 Å². The molecule has 0 amide bonds. The molecule has 1 nitrogen and oxygen atoms in total. The summed E-state index contributed by atoms with van der Waals surface area (Å²) in [4.78, 5) is 2.34.